The van der Waals surface area contributed by atoms with Gasteiger partial charge < -0.3 is 14.7 Å². The summed E-state index contributed by atoms with van der Waals surface area (Å²) in [6.45, 7) is 10.4. The van der Waals surface area contributed by atoms with Crippen LogP contribution in [0.25, 0.3) is 0 Å². The molecule has 2 saturated heterocycles. The Labute approximate surface area is 145 Å². The Morgan fingerprint density at radius 1 is 1.17 bits per heavy atom. The zero-order chi connectivity index (χ0) is 17.9. The van der Waals surface area contributed by atoms with Gasteiger partial charge in [0.05, 0.1) is 13.1 Å². The van der Waals surface area contributed by atoms with E-state index in [1.165, 1.54) is 0 Å². The zero-order valence-electron chi connectivity index (χ0n) is 15.5. The van der Waals surface area contributed by atoms with Crippen molar-refractivity contribution in [3.8, 4) is 0 Å². The second-order valence-electron chi connectivity index (χ2n) is 7.37. The number of hydrogen-bond donors (Lipinski definition) is 0. The predicted molar refractivity (Wildman–Crippen MR) is 92.2 cm³/mol. The summed E-state index contributed by atoms with van der Waals surface area (Å²) >= 11 is 0. The van der Waals surface area contributed by atoms with Crippen LogP contribution in [0.1, 0.15) is 47.0 Å². The van der Waals surface area contributed by atoms with Crippen molar-refractivity contribution in [2.45, 2.75) is 53.0 Å². The standard InChI is InChI=1S/C18H31N3O3/c1-5-14(6-2)17(23)19-8-7-9-21-15(11-19)18(24)20(10-13(3)4)12-16(21)22/h13-15H,5-12H2,1-4H3. The van der Waals surface area contributed by atoms with Crippen molar-refractivity contribution >= 4 is 17.7 Å². The van der Waals surface area contributed by atoms with Gasteiger partial charge in [-0.1, -0.05) is 27.7 Å². The van der Waals surface area contributed by atoms with Gasteiger partial charge in [-0.05, 0) is 25.2 Å². The number of amides is 3. The predicted octanol–water partition coefficient (Wildman–Crippen LogP) is 1.35. The maximum Gasteiger partial charge on any atom is 0.247 e. The van der Waals surface area contributed by atoms with Crippen LogP contribution in [0.3, 0.4) is 0 Å². The molecule has 24 heavy (non-hydrogen) atoms. The monoisotopic (exact) mass is 337 g/mol. The van der Waals surface area contributed by atoms with E-state index in [4.69, 9.17) is 0 Å². The summed E-state index contributed by atoms with van der Waals surface area (Å²) < 4.78 is 0. The molecule has 3 amide bonds. The van der Waals surface area contributed by atoms with Crippen LogP contribution in [-0.4, -0.2) is 71.2 Å². The third kappa shape index (κ3) is 3.90. The van der Waals surface area contributed by atoms with Gasteiger partial charge in [-0.25, -0.2) is 0 Å². The molecule has 1 unspecified atom stereocenters. The van der Waals surface area contributed by atoms with E-state index in [2.05, 4.69) is 0 Å². The van der Waals surface area contributed by atoms with Gasteiger partial charge in [-0.15, -0.1) is 0 Å². The highest BCUT2D eigenvalue weighted by molar-refractivity contribution is 5.95. The maximum absolute atomic E-state index is 12.9. The Balaban J connectivity index is 2.17. The quantitative estimate of drug-likeness (QED) is 0.761. The van der Waals surface area contributed by atoms with Gasteiger partial charge in [0, 0.05) is 25.6 Å². The molecule has 2 aliphatic rings. The molecule has 6 nitrogen and oxygen atoms in total. The van der Waals surface area contributed by atoms with Crippen molar-refractivity contribution in [3.05, 3.63) is 0 Å². The molecule has 0 aliphatic carbocycles. The van der Waals surface area contributed by atoms with E-state index in [0.29, 0.717) is 32.1 Å². The Kier molecular flexibility index (Phi) is 6.24. The van der Waals surface area contributed by atoms with Gasteiger partial charge in [0.1, 0.15) is 6.04 Å². The lowest BCUT2D eigenvalue weighted by Gasteiger charge is -2.40. The van der Waals surface area contributed by atoms with Crippen LogP contribution in [0.15, 0.2) is 0 Å². The first-order valence-electron chi connectivity index (χ1n) is 9.26. The van der Waals surface area contributed by atoms with Crippen LogP contribution in [0, 0.1) is 11.8 Å². The molecule has 0 spiro atoms. The smallest absolute Gasteiger partial charge is 0.247 e. The maximum atomic E-state index is 12.9. The number of fused-ring (bicyclic) bond motifs is 1. The minimum absolute atomic E-state index is 0.00690. The lowest BCUT2D eigenvalue weighted by Crippen LogP contribution is -2.62. The minimum Gasteiger partial charge on any atom is -0.340 e. The van der Waals surface area contributed by atoms with Crippen LogP contribution in [0.5, 0.6) is 0 Å². The Bertz CT molecular complexity index is 488. The molecule has 1 atom stereocenters. The van der Waals surface area contributed by atoms with E-state index in [9.17, 15) is 14.4 Å². The van der Waals surface area contributed by atoms with E-state index in [1.807, 2.05) is 32.6 Å². The Morgan fingerprint density at radius 3 is 2.42 bits per heavy atom. The number of piperazine rings is 1. The van der Waals surface area contributed by atoms with Gasteiger partial charge in [0.2, 0.25) is 17.7 Å². The molecule has 0 aromatic carbocycles. The van der Waals surface area contributed by atoms with E-state index in [0.717, 1.165) is 19.3 Å². The van der Waals surface area contributed by atoms with Gasteiger partial charge in [-0.3, -0.25) is 14.4 Å². The highest BCUT2D eigenvalue weighted by Gasteiger charge is 2.42. The van der Waals surface area contributed by atoms with E-state index in [-0.39, 0.29) is 30.2 Å². The molecule has 2 fully saturated rings. The highest BCUT2D eigenvalue weighted by atomic mass is 16.2. The van der Waals surface area contributed by atoms with Crippen LogP contribution in [0.2, 0.25) is 0 Å². The van der Waals surface area contributed by atoms with Gasteiger partial charge in [0.15, 0.2) is 0 Å². The third-order valence-electron chi connectivity index (χ3n) is 5.07. The summed E-state index contributed by atoms with van der Waals surface area (Å²) in [4.78, 5) is 43.2. The van der Waals surface area contributed by atoms with Crippen LogP contribution < -0.4 is 0 Å². The molecule has 0 aromatic heterocycles. The molecule has 0 saturated carbocycles. The molecule has 0 bridgehead atoms. The molecule has 2 aliphatic heterocycles. The van der Waals surface area contributed by atoms with E-state index >= 15 is 0 Å². The third-order valence-corrected chi connectivity index (χ3v) is 5.07. The first kappa shape index (κ1) is 18.7. The van der Waals surface area contributed by atoms with Crippen molar-refractivity contribution in [2.24, 2.45) is 11.8 Å². The van der Waals surface area contributed by atoms with Gasteiger partial charge in [-0.2, -0.15) is 0 Å². The second kappa shape index (κ2) is 7.99. The average molecular weight is 337 g/mol. The van der Waals surface area contributed by atoms with Crippen molar-refractivity contribution < 1.29 is 14.4 Å². The summed E-state index contributed by atoms with van der Waals surface area (Å²) in [5.74, 6) is 0.465. The summed E-state index contributed by atoms with van der Waals surface area (Å²) in [6.07, 6.45) is 2.37. The fourth-order valence-electron chi connectivity index (χ4n) is 3.73. The van der Waals surface area contributed by atoms with Crippen molar-refractivity contribution in [3.63, 3.8) is 0 Å². The molecule has 2 rings (SSSR count). The highest BCUT2D eigenvalue weighted by Crippen LogP contribution is 2.21. The van der Waals surface area contributed by atoms with E-state index < -0.39 is 6.04 Å². The fourth-order valence-corrected chi connectivity index (χ4v) is 3.73. The number of carbonyl (C=O) groups excluding carboxylic acids is 3. The molecular weight excluding hydrogens is 306 g/mol. The average Bonchev–Trinajstić information content (AvgIpc) is 2.76. The minimum atomic E-state index is -0.509. The van der Waals surface area contributed by atoms with Crippen LogP contribution >= 0.6 is 0 Å². The fraction of sp³-hybridized carbons (Fsp3) is 0.833. The SMILES string of the molecule is CCC(CC)C(=O)N1CCCN2C(=O)CN(CC(C)C)C(=O)C2C1. The Morgan fingerprint density at radius 2 is 1.83 bits per heavy atom. The normalized spacial score (nSPS) is 22.2. The van der Waals surface area contributed by atoms with Crippen molar-refractivity contribution in [1.82, 2.24) is 14.7 Å². The van der Waals surface area contributed by atoms with Gasteiger partial charge in [0.25, 0.3) is 0 Å². The summed E-state index contributed by atoms with van der Waals surface area (Å²) in [5, 5.41) is 0. The largest absolute Gasteiger partial charge is 0.340 e. The molecule has 2 heterocycles. The van der Waals surface area contributed by atoms with Crippen LogP contribution in [0.4, 0.5) is 0 Å². The van der Waals surface area contributed by atoms with Crippen LogP contribution in [-0.2, 0) is 14.4 Å². The molecule has 6 heteroatoms. The molecule has 0 N–H and O–H groups in total. The summed E-state index contributed by atoms with van der Waals surface area (Å²) in [5.41, 5.74) is 0. The number of rotatable bonds is 5. The molecule has 0 aromatic rings. The van der Waals surface area contributed by atoms with E-state index in [1.54, 1.807) is 9.80 Å². The second-order valence-corrected chi connectivity index (χ2v) is 7.37. The summed E-state index contributed by atoms with van der Waals surface area (Å²) in [7, 11) is 0. The first-order chi connectivity index (χ1) is 11.4. The molecular formula is C18H31N3O3. The first-order valence-corrected chi connectivity index (χ1v) is 9.26. The van der Waals surface area contributed by atoms with Crippen molar-refractivity contribution in [1.29, 1.82) is 0 Å². The summed E-state index contributed by atoms with van der Waals surface area (Å²) in [6, 6.07) is -0.509. The van der Waals surface area contributed by atoms with Gasteiger partial charge >= 0.3 is 0 Å². The zero-order valence-corrected chi connectivity index (χ0v) is 15.5. The Hall–Kier alpha value is -1.59. The number of nitrogens with zero attached hydrogens (tertiary/aromatic N) is 3. The topological polar surface area (TPSA) is 60.9 Å². The lowest BCUT2D eigenvalue weighted by atomic mass is 10.0. The number of hydrogen-bond acceptors (Lipinski definition) is 3. The molecule has 0 radical (unpaired) electrons. The van der Waals surface area contributed by atoms with Crippen molar-refractivity contribution in [2.75, 3.05) is 32.7 Å². The number of carbonyl (C=O) groups is 3. The molecule has 136 valence electrons. The lowest BCUT2D eigenvalue weighted by molar-refractivity contribution is -0.157.